The lowest BCUT2D eigenvalue weighted by molar-refractivity contribution is -0.140. The number of carbonyl (C=O) groups excluding carboxylic acids is 2. The normalized spacial score (nSPS) is 17.8. The third kappa shape index (κ3) is 4.50. The number of thioether (sulfide) groups is 1. The van der Waals surface area contributed by atoms with Crippen LogP contribution in [0.25, 0.3) is 0 Å². The van der Waals surface area contributed by atoms with Gasteiger partial charge in [-0.1, -0.05) is 13.3 Å². The Kier molecular flexibility index (Phi) is 6.50. The molecule has 2 rings (SSSR count). The standard InChI is InChI=1S/C16H25N3O3S/c1-4-12-17-11(2)15(18-12)16-19(13(20)10-23-16)9-7-5-6-8-14(21)22-3/h16H,4-10H2,1-3H3,(H,17,18). The van der Waals surface area contributed by atoms with E-state index in [1.165, 1.54) is 7.11 Å². The number of rotatable bonds is 8. The molecule has 1 atom stereocenters. The Morgan fingerprint density at radius 2 is 2.22 bits per heavy atom. The van der Waals surface area contributed by atoms with Gasteiger partial charge in [0.05, 0.1) is 18.6 Å². The summed E-state index contributed by atoms with van der Waals surface area (Å²) in [6, 6.07) is 0. The molecule has 0 spiro atoms. The zero-order chi connectivity index (χ0) is 16.8. The van der Waals surface area contributed by atoms with Crippen LogP contribution in [0.15, 0.2) is 0 Å². The van der Waals surface area contributed by atoms with Crippen molar-refractivity contribution >= 4 is 23.6 Å². The highest BCUT2D eigenvalue weighted by molar-refractivity contribution is 8.00. The number of esters is 1. The van der Waals surface area contributed by atoms with Crippen molar-refractivity contribution in [2.45, 2.75) is 51.3 Å². The highest BCUT2D eigenvalue weighted by atomic mass is 32.2. The van der Waals surface area contributed by atoms with Crippen LogP contribution in [0.5, 0.6) is 0 Å². The van der Waals surface area contributed by atoms with Crippen molar-refractivity contribution in [2.24, 2.45) is 0 Å². The first-order chi connectivity index (χ1) is 11.1. The van der Waals surface area contributed by atoms with Crippen LogP contribution in [0, 0.1) is 6.92 Å². The second kappa shape index (κ2) is 8.38. The third-order valence-corrected chi connectivity index (χ3v) is 5.22. The van der Waals surface area contributed by atoms with E-state index in [2.05, 4.69) is 21.6 Å². The van der Waals surface area contributed by atoms with Crippen LogP contribution in [0.4, 0.5) is 0 Å². The molecule has 1 unspecified atom stereocenters. The molecule has 0 saturated carbocycles. The Bertz CT molecular complexity index is 559. The predicted octanol–water partition coefficient (Wildman–Crippen LogP) is 2.59. The van der Waals surface area contributed by atoms with Gasteiger partial charge >= 0.3 is 5.97 Å². The van der Waals surface area contributed by atoms with Crippen molar-refractivity contribution in [3.05, 3.63) is 17.2 Å². The maximum absolute atomic E-state index is 12.2. The Balaban J connectivity index is 1.89. The van der Waals surface area contributed by atoms with Crippen LogP contribution in [0.3, 0.4) is 0 Å². The summed E-state index contributed by atoms with van der Waals surface area (Å²) in [6.07, 6.45) is 3.91. The summed E-state index contributed by atoms with van der Waals surface area (Å²) in [5, 5.41) is 0.0136. The van der Waals surface area contributed by atoms with Crippen molar-refractivity contribution in [1.82, 2.24) is 14.9 Å². The molecule has 1 aliphatic heterocycles. The van der Waals surface area contributed by atoms with E-state index < -0.39 is 0 Å². The molecule has 1 fully saturated rings. The molecule has 7 heteroatoms. The van der Waals surface area contributed by atoms with Crippen LogP contribution < -0.4 is 0 Å². The van der Waals surface area contributed by atoms with E-state index in [1.807, 2.05) is 11.8 Å². The average molecular weight is 339 g/mol. The average Bonchev–Trinajstić information content (AvgIpc) is 3.09. The first-order valence-electron chi connectivity index (χ1n) is 8.10. The summed E-state index contributed by atoms with van der Waals surface area (Å²) in [4.78, 5) is 33.1. The molecular formula is C16H25N3O3S. The second-order valence-electron chi connectivity index (χ2n) is 5.68. The van der Waals surface area contributed by atoms with Crippen molar-refractivity contribution in [1.29, 1.82) is 0 Å². The number of aromatic nitrogens is 2. The monoisotopic (exact) mass is 339 g/mol. The molecule has 6 nitrogen and oxygen atoms in total. The molecule has 0 aromatic carbocycles. The quantitative estimate of drug-likeness (QED) is 0.582. The van der Waals surface area contributed by atoms with E-state index in [-0.39, 0.29) is 17.3 Å². The van der Waals surface area contributed by atoms with Gasteiger partial charge in [0, 0.05) is 25.1 Å². The van der Waals surface area contributed by atoms with Gasteiger partial charge in [0.1, 0.15) is 11.2 Å². The number of nitrogens with one attached hydrogen (secondary N) is 1. The van der Waals surface area contributed by atoms with Crippen molar-refractivity contribution in [2.75, 3.05) is 19.4 Å². The van der Waals surface area contributed by atoms with Crippen molar-refractivity contribution in [3.63, 3.8) is 0 Å². The zero-order valence-corrected chi connectivity index (χ0v) is 14.9. The lowest BCUT2D eigenvalue weighted by Gasteiger charge is -2.23. The third-order valence-electron chi connectivity index (χ3n) is 4.02. The van der Waals surface area contributed by atoms with Gasteiger partial charge < -0.3 is 14.6 Å². The summed E-state index contributed by atoms with van der Waals surface area (Å²) in [7, 11) is 1.41. The maximum atomic E-state index is 12.2. The molecule has 0 bridgehead atoms. The number of amides is 1. The minimum Gasteiger partial charge on any atom is -0.469 e. The van der Waals surface area contributed by atoms with Gasteiger partial charge in [0.15, 0.2) is 0 Å². The first kappa shape index (κ1) is 17.8. The van der Waals surface area contributed by atoms with Crippen molar-refractivity contribution in [3.8, 4) is 0 Å². The van der Waals surface area contributed by atoms with E-state index in [0.29, 0.717) is 18.7 Å². The number of hydrogen-bond acceptors (Lipinski definition) is 5. The highest BCUT2D eigenvalue weighted by Gasteiger charge is 2.34. The van der Waals surface area contributed by atoms with E-state index in [0.717, 1.165) is 42.9 Å². The molecule has 2 heterocycles. The van der Waals surface area contributed by atoms with Gasteiger partial charge in [-0.05, 0) is 19.8 Å². The molecule has 1 aromatic rings. The second-order valence-corrected chi connectivity index (χ2v) is 6.75. The molecule has 1 saturated heterocycles. The van der Waals surface area contributed by atoms with Crippen LogP contribution in [0.1, 0.15) is 55.2 Å². The van der Waals surface area contributed by atoms with Crippen LogP contribution in [-0.4, -0.2) is 46.2 Å². The summed E-state index contributed by atoms with van der Waals surface area (Å²) >= 11 is 1.64. The molecule has 0 aliphatic carbocycles. The van der Waals surface area contributed by atoms with E-state index in [1.54, 1.807) is 11.8 Å². The van der Waals surface area contributed by atoms with Crippen LogP contribution in [-0.2, 0) is 20.7 Å². The number of nitrogens with zero attached hydrogens (tertiary/aromatic N) is 2. The summed E-state index contributed by atoms with van der Waals surface area (Å²) < 4.78 is 4.63. The molecule has 1 N–H and O–H groups in total. The molecule has 1 aromatic heterocycles. The number of H-pyrrole nitrogens is 1. The van der Waals surface area contributed by atoms with Gasteiger partial charge in [0.2, 0.25) is 5.91 Å². The number of unbranched alkanes of at least 4 members (excludes halogenated alkanes) is 2. The van der Waals surface area contributed by atoms with Gasteiger partial charge in [0.25, 0.3) is 0 Å². The zero-order valence-electron chi connectivity index (χ0n) is 14.1. The number of aryl methyl sites for hydroxylation is 2. The van der Waals surface area contributed by atoms with E-state index >= 15 is 0 Å². The summed E-state index contributed by atoms with van der Waals surface area (Å²) in [5.74, 6) is 1.49. The molecular weight excluding hydrogens is 314 g/mol. The first-order valence-corrected chi connectivity index (χ1v) is 9.15. The topological polar surface area (TPSA) is 75.3 Å². The summed E-state index contributed by atoms with van der Waals surface area (Å²) in [5.41, 5.74) is 2.03. The molecule has 23 heavy (non-hydrogen) atoms. The Hall–Kier alpha value is -1.50. The van der Waals surface area contributed by atoms with E-state index in [4.69, 9.17) is 0 Å². The minimum atomic E-state index is -0.171. The fourth-order valence-electron chi connectivity index (χ4n) is 2.70. The van der Waals surface area contributed by atoms with Gasteiger partial charge in [-0.25, -0.2) is 4.98 Å². The molecule has 0 radical (unpaired) electrons. The minimum absolute atomic E-state index is 0.0136. The smallest absolute Gasteiger partial charge is 0.305 e. The lowest BCUT2D eigenvalue weighted by Crippen LogP contribution is -2.29. The Morgan fingerprint density at radius 3 is 2.87 bits per heavy atom. The number of ether oxygens (including phenoxy) is 1. The maximum Gasteiger partial charge on any atom is 0.305 e. The van der Waals surface area contributed by atoms with Gasteiger partial charge in [-0.3, -0.25) is 9.59 Å². The Morgan fingerprint density at radius 1 is 1.43 bits per heavy atom. The van der Waals surface area contributed by atoms with Gasteiger partial charge in [-0.2, -0.15) is 0 Å². The van der Waals surface area contributed by atoms with Crippen LogP contribution in [0.2, 0.25) is 0 Å². The predicted molar refractivity (Wildman–Crippen MR) is 90.1 cm³/mol. The summed E-state index contributed by atoms with van der Waals surface area (Å²) in [6.45, 7) is 4.79. The fraction of sp³-hybridized carbons (Fsp3) is 0.688. The number of carbonyl (C=O) groups is 2. The highest BCUT2D eigenvalue weighted by Crippen LogP contribution is 2.39. The lowest BCUT2D eigenvalue weighted by atomic mass is 10.2. The number of methoxy groups -OCH3 is 1. The molecule has 1 aliphatic rings. The fourth-order valence-corrected chi connectivity index (χ4v) is 3.95. The number of hydrogen-bond donors (Lipinski definition) is 1. The molecule has 1 amide bonds. The van der Waals surface area contributed by atoms with Crippen molar-refractivity contribution < 1.29 is 14.3 Å². The van der Waals surface area contributed by atoms with E-state index in [9.17, 15) is 9.59 Å². The van der Waals surface area contributed by atoms with Gasteiger partial charge in [-0.15, -0.1) is 11.8 Å². The Labute approximate surface area is 141 Å². The van der Waals surface area contributed by atoms with Crippen LogP contribution >= 0.6 is 11.8 Å². The molecule has 128 valence electrons. The number of aromatic amines is 1. The SMILES string of the molecule is CCc1nc(C2SCC(=O)N2CCCCCC(=O)OC)c(C)[nH]1. The largest absolute Gasteiger partial charge is 0.469 e. The number of imidazole rings is 1.